The number of carboxylic acids is 1. The summed E-state index contributed by atoms with van der Waals surface area (Å²) in [6, 6.07) is 19.1. The number of rotatable bonds is 11. The van der Waals surface area contributed by atoms with E-state index in [0.29, 0.717) is 39.4 Å². The maximum atomic E-state index is 14.7. The number of benzene rings is 3. The third-order valence-electron chi connectivity index (χ3n) is 7.83. The summed E-state index contributed by atoms with van der Waals surface area (Å²) in [6.45, 7) is 1.63. The molecule has 1 aromatic heterocycles. The lowest BCUT2D eigenvalue weighted by Gasteiger charge is -2.21. The summed E-state index contributed by atoms with van der Waals surface area (Å²) in [5, 5.41) is 32.0. The molecule has 43 heavy (non-hydrogen) atoms. The van der Waals surface area contributed by atoms with Crippen molar-refractivity contribution in [3.63, 3.8) is 0 Å². The first-order valence-corrected chi connectivity index (χ1v) is 14.4. The number of carboxylic acid groups (broad SMARTS) is 1. The summed E-state index contributed by atoms with van der Waals surface area (Å²) in [6.07, 6.45) is 4.31. The number of halogens is 2. The van der Waals surface area contributed by atoms with Crippen LogP contribution in [-0.4, -0.2) is 33.3 Å². The van der Waals surface area contributed by atoms with Crippen molar-refractivity contribution >= 4 is 17.6 Å². The van der Waals surface area contributed by atoms with Gasteiger partial charge in [-0.05, 0) is 78.6 Å². The van der Waals surface area contributed by atoms with Gasteiger partial charge in [-0.2, -0.15) is 5.26 Å². The fraction of sp³-hybridized carbons (Fsp3) is 0.265. The van der Waals surface area contributed by atoms with Crippen LogP contribution < -0.4 is 10.1 Å². The van der Waals surface area contributed by atoms with Crippen molar-refractivity contribution in [3.8, 4) is 22.9 Å². The van der Waals surface area contributed by atoms with E-state index in [1.54, 1.807) is 30.5 Å². The second-order valence-electron chi connectivity index (χ2n) is 10.8. The van der Waals surface area contributed by atoms with Crippen LogP contribution in [0.1, 0.15) is 52.6 Å². The Morgan fingerprint density at radius 3 is 2.70 bits per heavy atom. The molecule has 0 amide bonds. The third kappa shape index (κ3) is 6.86. The Balaban J connectivity index is 1.43. The van der Waals surface area contributed by atoms with Crippen LogP contribution >= 0.6 is 11.6 Å². The van der Waals surface area contributed by atoms with Gasteiger partial charge >= 0.3 is 5.97 Å². The molecule has 3 N–H and O–H groups in total. The Morgan fingerprint density at radius 1 is 1.16 bits per heavy atom. The average Bonchev–Trinajstić information content (AvgIpc) is 3.40. The first-order valence-electron chi connectivity index (χ1n) is 14.0. The summed E-state index contributed by atoms with van der Waals surface area (Å²) in [5.41, 5.74) is 6.43. The fourth-order valence-electron chi connectivity index (χ4n) is 5.69. The predicted octanol–water partition coefficient (Wildman–Crippen LogP) is 6.19. The average molecular weight is 600 g/mol. The maximum absolute atomic E-state index is 14.7. The van der Waals surface area contributed by atoms with E-state index >= 15 is 0 Å². The van der Waals surface area contributed by atoms with Crippen molar-refractivity contribution in [1.82, 2.24) is 10.3 Å². The van der Waals surface area contributed by atoms with Gasteiger partial charge in [0, 0.05) is 40.7 Å². The van der Waals surface area contributed by atoms with Gasteiger partial charge in [0.2, 0.25) is 0 Å². The molecule has 0 radical (unpaired) electrons. The van der Waals surface area contributed by atoms with Crippen LogP contribution in [0.3, 0.4) is 0 Å². The largest absolute Gasteiger partial charge is 0.489 e. The van der Waals surface area contributed by atoms with Gasteiger partial charge in [-0.3, -0.25) is 15.1 Å². The van der Waals surface area contributed by atoms with E-state index in [-0.39, 0.29) is 24.9 Å². The number of nitrogens with one attached hydrogen (secondary N) is 1. The Bertz CT molecular complexity index is 1690. The Morgan fingerprint density at radius 2 is 1.95 bits per heavy atom. The molecule has 3 atom stereocenters. The summed E-state index contributed by atoms with van der Waals surface area (Å²) >= 11 is 6.81. The number of nitriles is 1. The summed E-state index contributed by atoms with van der Waals surface area (Å²) < 4.78 is 20.9. The molecule has 0 saturated heterocycles. The highest BCUT2D eigenvalue weighted by molar-refractivity contribution is 6.31. The molecule has 1 unspecified atom stereocenters. The second kappa shape index (κ2) is 13.3. The van der Waals surface area contributed by atoms with Gasteiger partial charge in [0.1, 0.15) is 30.3 Å². The highest BCUT2D eigenvalue weighted by atomic mass is 35.5. The van der Waals surface area contributed by atoms with Crippen LogP contribution in [0.2, 0.25) is 5.02 Å². The SMILES string of the molecule is CC(O)[C@@H](NCc1cc(Cl)c(C[C@H]2CCc3c(-c4ccccc4F)cccc32)cc1OCc1cncc(C#N)c1)C(=O)O. The molecule has 7 nitrogen and oxygen atoms in total. The van der Waals surface area contributed by atoms with Crippen molar-refractivity contribution in [1.29, 1.82) is 5.26 Å². The van der Waals surface area contributed by atoms with Crippen molar-refractivity contribution in [3.05, 3.63) is 117 Å². The lowest BCUT2D eigenvalue weighted by Crippen LogP contribution is -2.44. The molecule has 5 rings (SSSR count). The molecular formula is C34H31ClFN3O4. The molecule has 0 aliphatic heterocycles. The van der Waals surface area contributed by atoms with Crippen molar-refractivity contribution in [2.45, 2.75) is 57.4 Å². The van der Waals surface area contributed by atoms with Gasteiger partial charge in [0.25, 0.3) is 0 Å². The Hall–Kier alpha value is -4.29. The number of carbonyl (C=O) groups is 1. The predicted molar refractivity (Wildman–Crippen MR) is 161 cm³/mol. The topological polar surface area (TPSA) is 115 Å². The summed E-state index contributed by atoms with van der Waals surface area (Å²) in [4.78, 5) is 15.7. The number of hydrogen-bond acceptors (Lipinski definition) is 6. The second-order valence-corrected chi connectivity index (χ2v) is 11.2. The number of aliphatic hydroxyl groups excluding tert-OH is 1. The van der Waals surface area contributed by atoms with Crippen LogP contribution in [0, 0.1) is 17.1 Å². The molecule has 4 aromatic rings. The van der Waals surface area contributed by atoms with E-state index in [1.165, 1.54) is 24.8 Å². The van der Waals surface area contributed by atoms with Crippen molar-refractivity contribution in [2.75, 3.05) is 0 Å². The minimum Gasteiger partial charge on any atom is -0.489 e. The quantitative estimate of drug-likeness (QED) is 0.188. The van der Waals surface area contributed by atoms with Gasteiger partial charge in [-0.15, -0.1) is 0 Å². The molecule has 1 aliphatic rings. The number of aliphatic carboxylic acids is 1. The van der Waals surface area contributed by atoms with Gasteiger partial charge in [-0.1, -0.05) is 48.0 Å². The molecule has 0 fully saturated rings. The van der Waals surface area contributed by atoms with Crippen LogP contribution in [0.25, 0.3) is 11.1 Å². The van der Waals surface area contributed by atoms with Crippen molar-refractivity contribution in [2.24, 2.45) is 0 Å². The minimum absolute atomic E-state index is 0.0892. The first kappa shape index (κ1) is 30.2. The zero-order valence-electron chi connectivity index (χ0n) is 23.6. The number of nitrogens with zero attached hydrogens (tertiary/aromatic N) is 2. The van der Waals surface area contributed by atoms with Crippen LogP contribution in [0.4, 0.5) is 4.39 Å². The molecule has 0 bridgehead atoms. The van der Waals surface area contributed by atoms with Crippen molar-refractivity contribution < 1.29 is 24.1 Å². The van der Waals surface area contributed by atoms with E-state index in [4.69, 9.17) is 16.3 Å². The molecule has 220 valence electrons. The zero-order chi connectivity index (χ0) is 30.5. The Kier molecular flexibility index (Phi) is 9.37. The minimum atomic E-state index is -1.18. The van der Waals surface area contributed by atoms with Crippen LogP contribution in [-0.2, 0) is 30.8 Å². The standard InChI is InChI=1S/C34H31ClFN3O4/c1-20(40)33(34(41)42)39-18-25-13-30(35)24(14-32(25)43-19-22-11-21(15-37)16-38-17-22)12-23-9-10-28-26(23)6-4-7-27(28)29-5-2-3-8-31(29)36/h2-8,11,13-14,16-17,20,23,33,39-40H,9-10,12,18-19H2,1H3,(H,41,42)/t20?,23-,33-/m1/s1. The third-order valence-corrected chi connectivity index (χ3v) is 8.19. The first-order chi connectivity index (χ1) is 20.7. The maximum Gasteiger partial charge on any atom is 0.323 e. The van der Waals surface area contributed by atoms with E-state index in [2.05, 4.69) is 22.4 Å². The number of hydrogen-bond donors (Lipinski definition) is 3. The van der Waals surface area contributed by atoms with Gasteiger partial charge in [0.15, 0.2) is 0 Å². The summed E-state index contributed by atoms with van der Waals surface area (Å²) in [5.74, 6) is -0.750. The fourth-order valence-corrected chi connectivity index (χ4v) is 5.95. The zero-order valence-corrected chi connectivity index (χ0v) is 24.3. The molecule has 0 spiro atoms. The van der Waals surface area contributed by atoms with E-state index in [1.807, 2.05) is 24.3 Å². The molecule has 0 saturated carbocycles. The van der Waals surface area contributed by atoms with E-state index < -0.39 is 18.1 Å². The molecule has 1 heterocycles. The normalized spacial score (nSPS) is 15.4. The number of aliphatic hydroxyl groups is 1. The summed E-state index contributed by atoms with van der Waals surface area (Å²) in [7, 11) is 0. The number of aromatic nitrogens is 1. The molecule has 3 aromatic carbocycles. The lowest BCUT2D eigenvalue weighted by atomic mass is 9.90. The van der Waals surface area contributed by atoms with E-state index in [0.717, 1.165) is 29.5 Å². The lowest BCUT2D eigenvalue weighted by molar-refractivity contribution is -0.142. The monoisotopic (exact) mass is 599 g/mol. The van der Waals surface area contributed by atoms with Gasteiger partial charge < -0.3 is 14.9 Å². The number of ether oxygens (including phenoxy) is 1. The molecule has 9 heteroatoms. The number of pyridine rings is 1. The highest BCUT2D eigenvalue weighted by Gasteiger charge is 2.27. The van der Waals surface area contributed by atoms with E-state index in [9.17, 15) is 24.7 Å². The van der Waals surface area contributed by atoms with Gasteiger partial charge in [-0.25, -0.2) is 4.39 Å². The highest BCUT2D eigenvalue weighted by Crippen LogP contribution is 2.42. The van der Waals surface area contributed by atoms with Crippen LogP contribution in [0.15, 0.2) is 73.1 Å². The van der Waals surface area contributed by atoms with Gasteiger partial charge in [0.05, 0.1) is 11.7 Å². The van der Waals surface area contributed by atoms with Crippen LogP contribution in [0.5, 0.6) is 5.75 Å². The molecular weight excluding hydrogens is 569 g/mol. The smallest absolute Gasteiger partial charge is 0.323 e. The Labute approximate surface area is 254 Å². The number of fused-ring (bicyclic) bond motifs is 1. The molecule has 1 aliphatic carbocycles.